The van der Waals surface area contributed by atoms with Gasteiger partial charge in [0.2, 0.25) is 0 Å². The summed E-state index contributed by atoms with van der Waals surface area (Å²) in [5.74, 6) is 3.27. The van der Waals surface area contributed by atoms with Gasteiger partial charge in [0.25, 0.3) is 5.91 Å². The number of amides is 1. The van der Waals surface area contributed by atoms with Crippen LogP contribution in [-0.2, 0) is 0 Å². The van der Waals surface area contributed by atoms with Crippen molar-refractivity contribution in [1.29, 1.82) is 0 Å². The lowest BCUT2D eigenvalue weighted by atomic mass is 10.1. The number of carbonyl (C=O) groups is 1. The highest BCUT2D eigenvalue weighted by Crippen LogP contribution is 2.43. The van der Waals surface area contributed by atoms with Crippen molar-refractivity contribution in [2.45, 2.75) is 23.8 Å². The Morgan fingerprint density at radius 2 is 1.96 bits per heavy atom. The molecule has 0 spiro atoms. The largest absolute Gasteiger partial charge is 0.352 e. The number of hydrogen-bond acceptors (Lipinski definition) is 4. The zero-order chi connectivity index (χ0) is 15.2. The van der Waals surface area contributed by atoms with Gasteiger partial charge in [-0.2, -0.15) is 0 Å². The molecule has 1 amide bonds. The molecule has 2 N–H and O–H groups in total. The number of benzene rings is 1. The Labute approximate surface area is 153 Å². The lowest BCUT2D eigenvalue weighted by Crippen LogP contribution is -2.26. The summed E-state index contributed by atoms with van der Waals surface area (Å²) >= 11 is 4.03. The molecule has 128 valence electrons. The van der Waals surface area contributed by atoms with E-state index in [4.69, 9.17) is 0 Å². The summed E-state index contributed by atoms with van der Waals surface area (Å²) in [5, 5.41) is 6.41. The smallest absolute Gasteiger partial charge is 0.251 e. The average Bonchev–Trinajstić information content (AvgIpc) is 3.09. The molecule has 2 aliphatic rings. The minimum absolute atomic E-state index is 0. The molecule has 0 aromatic heterocycles. The molecule has 6 heteroatoms. The van der Waals surface area contributed by atoms with Gasteiger partial charge < -0.3 is 10.6 Å². The second-order valence-corrected chi connectivity index (χ2v) is 8.68. The second-order valence-electron chi connectivity index (χ2n) is 5.95. The van der Waals surface area contributed by atoms with Crippen molar-refractivity contribution in [1.82, 2.24) is 10.6 Å². The molecule has 0 bridgehead atoms. The van der Waals surface area contributed by atoms with Gasteiger partial charge in [-0.15, -0.1) is 35.9 Å². The Hall–Kier alpha value is -0.360. The third-order valence-electron chi connectivity index (χ3n) is 4.27. The highest BCUT2D eigenvalue weighted by atomic mass is 35.5. The molecule has 0 saturated carbocycles. The standard InChI is InChI=1S/C17H24N2OS2.ClH/c20-16(19-9-7-13-6-8-18-12-13)14-2-4-15(5-3-14)17-21-10-1-11-22-17;/h2-5,13,17-18H,1,6-12H2,(H,19,20);1H. The average molecular weight is 373 g/mol. The number of carbonyl (C=O) groups excluding carboxylic acids is 1. The molecule has 2 fully saturated rings. The summed E-state index contributed by atoms with van der Waals surface area (Å²) in [7, 11) is 0. The Kier molecular flexibility index (Phi) is 8.10. The van der Waals surface area contributed by atoms with E-state index in [1.165, 1.54) is 29.9 Å². The summed E-state index contributed by atoms with van der Waals surface area (Å²) in [6.45, 7) is 3.00. The number of thioether (sulfide) groups is 2. The van der Waals surface area contributed by atoms with E-state index in [0.29, 0.717) is 4.58 Å². The van der Waals surface area contributed by atoms with Crippen LogP contribution >= 0.6 is 35.9 Å². The van der Waals surface area contributed by atoms with Crippen LogP contribution in [-0.4, -0.2) is 37.0 Å². The van der Waals surface area contributed by atoms with E-state index in [0.717, 1.165) is 37.5 Å². The fourth-order valence-corrected chi connectivity index (χ4v) is 5.82. The first-order valence-corrected chi connectivity index (χ1v) is 10.2. The second kappa shape index (κ2) is 9.82. The topological polar surface area (TPSA) is 41.1 Å². The van der Waals surface area contributed by atoms with Crippen molar-refractivity contribution in [3.8, 4) is 0 Å². The van der Waals surface area contributed by atoms with Crippen LogP contribution in [0.4, 0.5) is 0 Å². The quantitative estimate of drug-likeness (QED) is 0.826. The minimum atomic E-state index is 0. The molecule has 23 heavy (non-hydrogen) atoms. The first kappa shape index (κ1) is 19.0. The lowest BCUT2D eigenvalue weighted by Gasteiger charge is -2.21. The molecule has 1 aromatic rings. The van der Waals surface area contributed by atoms with Crippen LogP contribution in [0.2, 0.25) is 0 Å². The fourth-order valence-electron chi connectivity index (χ4n) is 2.92. The monoisotopic (exact) mass is 372 g/mol. The molecular weight excluding hydrogens is 348 g/mol. The van der Waals surface area contributed by atoms with Crippen molar-refractivity contribution < 1.29 is 4.79 Å². The maximum Gasteiger partial charge on any atom is 0.251 e. The number of nitrogens with one attached hydrogen (secondary N) is 2. The fraction of sp³-hybridized carbons (Fsp3) is 0.588. The van der Waals surface area contributed by atoms with Crippen LogP contribution in [0.15, 0.2) is 24.3 Å². The predicted octanol–water partition coefficient (Wildman–Crippen LogP) is 3.71. The van der Waals surface area contributed by atoms with Crippen LogP contribution in [0.25, 0.3) is 0 Å². The molecular formula is C17H25ClN2OS2. The Morgan fingerprint density at radius 3 is 2.61 bits per heavy atom. The lowest BCUT2D eigenvalue weighted by molar-refractivity contribution is 0.0951. The number of hydrogen-bond donors (Lipinski definition) is 2. The SMILES string of the molecule is Cl.O=C(NCCC1CCNC1)c1ccc(C2SCCCS2)cc1. The van der Waals surface area contributed by atoms with Gasteiger partial charge in [0.15, 0.2) is 0 Å². The van der Waals surface area contributed by atoms with E-state index >= 15 is 0 Å². The Morgan fingerprint density at radius 1 is 1.22 bits per heavy atom. The number of rotatable bonds is 5. The van der Waals surface area contributed by atoms with Gasteiger partial charge in [0.05, 0.1) is 4.58 Å². The van der Waals surface area contributed by atoms with Gasteiger partial charge in [-0.3, -0.25) is 4.79 Å². The van der Waals surface area contributed by atoms with Gasteiger partial charge in [0.1, 0.15) is 0 Å². The summed E-state index contributed by atoms with van der Waals surface area (Å²) in [6, 6.07) is 8.17. The van der Waals surface area contributed by atoms with E-state index in [1.54, 1.807) is 0 Å². The molecule has 1 unspecified atom stereocenters. The highest BCUT2D eigenvalue weighted by molar-refractivity contribution is 8.16. The highest BCUT2D eigenvalue weighted by Gasteiger charge is 2.17. The zero-order valence-corrected chi connectivity index (χ0v) is 15.7. The van der Waals surface area contributed by atoms with Crippen LogP contribution < -0.4 is 10.6 Å². The van der Waals surface area contributed by atoms with Crippen molar-refractivity contribution in [2.24, 2.45) is 5.92 Å². The summed E-state index contributed by atoms with van der Waals surface area (Å²) in [5.41, 5.74) is 2.11. The first-order valence-electron chi connectivity index (χ1n) is 8.15. The molecule has 1 atom stereocenters. The van der Waals surface area contributed by atoms with Gasteiger partial charge >= 0.3 is 0 Å². The van der Waals surface area contributed by atoms with Gasteiger partial charge in [-0.25, -0.2) is 0 Å². The van der Waals surface area contributed by atoms with E-state index in [9.17, 15) is 4.79 Å². The third-order valence-corrected chi connectivity index (χ3v) is 7.29. The zero-order valence-electron chi connectivity index (χ0n) is 13.3. The first-order chi connectivity index (χ1) is 10.8. The molecule has 2 heterocycles. The van der Waals surface area contributed by atoms with Crippen molar-refractivity contribution in [3.63, 3.8) is 0 Å². The van der Waals surface area contributed by atoms with Gasteiger partial charge in [0, 0.05) is 12.1 Å². The van der Waals surface area contributed by atoms with Crippen molar-refractivity contribution in [2.75, 3.05) is 31.1 Å². The normalized spacial score (nSPS) is 21.7. The van der Waals surface area contributed by atoms with Crippen LogP contribution in [0.1, 0.15) is 39.8 Å². The van der Waals surface area contributed by atoms with Gasteiger partial charge in [-0.1, -0.05) is 12.1 Å². The molecule has 2 aliphatic heterocycles. The van der Waals surface area contributed by atoms with Crippen LogP contribution in [0.3, 0.4) is 0 Å². The minimum Gasteiger partial charge on any atom is -0.352 e. The number of halogens is 1. The van der Waals surface area contributed by atoms with Crippen LogP contribution in [0.5, 0.6) is 0 Å². The van der Waals surface area contributed by atoms with Crippen LogP contribution in [0, 0.1) is 5.92 Å². The summed E-state index contributed by atoms with van der Waals surface area (Å²) in [6.07, 6.45) is 3.62. The molecule has 3 rings (SSSR count). The Balaban J connectivity index is 0.00000192. The van der Waals surface area contributed by atoms with E-state index < -0.39 is 0 Å². The predicted molar refractivity (Wildman–Crippen MR) is 104 cm³/mol. The molecule has 2 saturated heterocycles. The van der Waals surface area contributed by atoms with E-state index in [1.807, 2.05) is 35.7 Å². The summed E-state index contributed by atoms with van der Waals surface area (Å²) in [4.78, 5) is 12.2. The van der Waals surface area contributed by atoms with E-state index in [-0.39, 0.29) is 18.3 Å². The van der Waals surface area contributed by atoms with E-state index in [2.05, 4.69) is 22.8 Å². The summed E-state index contributed by atoms with van der Waals surface area (Å²) < 4.78 is 0.542. The molecule has 0 aliphatic carbocycles. The van der Waals surface area contributed by atoms with Crippen molar-refractivity contribution >= 4 is 41.8 Å². The van der Waals surface area contributed by atoms with Crippen molar-refractivity contribution in [3.05, 3.63) is 35.4 Å². The third kappa shape index (κ3) is 5.59. The molecule has 0 radical (unpaired) electrons. The molecule has 1 aromatic carbocycles. The Bertz CT molecular complexity index is 486. The van der Waals surface area contributed by atoms with Gasteiger partial charge in [-0.05, 0) is 67.5 Å². The molecule has 3 nitrogen and oxygen atoms in total. The maximum absolute atomic E-state index is 12.2. The maximum atomic E-state index is 12.2.